The number of hydrogen-bond acceptors (Lipinski definition) is 6. The number of rotatable bonds is 10. The first-order valence-corrected chi connectivity index (χ1v) is 18.0. The van der Waals surface area contributed by atoms with Gasteiger partial charge in [0, 0.05) is 40.3 Å². The Morgan fingerprint density at radius 3 is 1.47 bits per heavy atom. The zero-order valence-corrected chi connectivity index (χ0v) is 27.7. The lowest BCUT2D eigenvalue weighted by Gasteiger charge is -2.30. The monoisotopic (exact) mass is 554 g/mol. The zero-order chi connectivity index (χ0) is 29.2. The van der Waals surface area contributed by atoms with Crippen LogP contribution in [0.4, 0.5) is 0 Å². The number of carbonyl (C=O) groups excluding carboxylic acids is 3. The minimum absolute atomic E-state index is 0. The summed E-state index contributed by atoms with van der Waals surface area (Å²) in [7, 11) is -3.18. The van der Waals surface area contributed by atoms with Gasteiger partial charge >= 0.3 is 9.28 Å². The van der Waals surface area contributed by atoms with Crippen molar-refractivity contribution >= 4 is 40.9 Å². The molecule has 8 nitrogen and oxygen atoms in total. The molecule has 0 radical (unpaired) electrons. The summed E-state index contributed by atoms with van der Waals surface area (Å²) in [6, 6.07) is 1.87. The van der Waals surface area contributed by atoms with Gasteiger partial charge < -0.3 is 24.6 Å². The van der Waals surface area contributed by atoms with Crippen molar-refractivity contribution in [2.24, 2.45) is 23.2 Å². The van der Waals surface area contributed by atoms with Gasteiger partial charge in [0.05, 0.1) is 0 Å². The summed E-state index contributed by atoms with van der Waals surface area (Å²) < 4.78 is 4.62. The lowest BCUT2D eigenvalue weighted by Crippen LogP contribution is -2.29. The molecule has 10 heteroatoms. The second kappa shape index (κ2) is 22.8. The van der Waals surface area contributed by atoms with E-state index in [0.29, 0.717) is 29.4 Å². The van der Waals surface area contributed by atoms with E-state index < -0.39 is 23.3 Å². The van der Waals surface area contributed by atoms with E-state index in [1.165, 1.54) is 13.0 Å². The zero-order valence-electron chi connectivity index (χ0n) is 25.6. The maximum Gasteiger partial charge on any atom is 0.382 e. The summed E-state index contributed by atoms with van der Waals surface area (Å²) in [6.45, 7) is 27.5. The van der Waals surface area contributed by atoms with Crippen LogP contribution in [0.1, 0.15) is 89.0 Å². The Morgan fingerprint density at radius 2 is 1.28 bits per heavy atom. The minimum Gasteiger partial charge on any atom is -0.497 e. The van der Waals surface area contributed by atoms with Crippen LogP contribution in [0.2, 0.25) is 31.7 Å². The maximum atomic E-state index is 11.0. The van der Waals surface area contributed by atoms with E-state index in [2.05, 4.69) is 51.8 Å². The van der Waals surface area contributed by atoms with E-state index >= 15 is 0 Å². The molecule has 0 saturated heterocycles. The van der Waals surface area contributed by atoms with Gasteiger partial charge in [0.25, 0.3) is 11.9 Å². The van der Waals surface area contributed by atoms with Gasteiger partial charge in [0.1, 0.15) is 11.6 Å². The van der Waals surface area contributed by atoms with Crippen molar-refractivity contribution in [3.8, 4) is 0 Å². The molecular weight excluding hydrogens is 496 g/mol. The topological polar surface area (TPSA) is 149 Å². The highest BCUT2D eigenvalue weighted by Gasteiger charge is 2.27. The molecule has 2 atom stereocenters. The highest BCUT2D eigenvalue weighted by atomic mass is 28.3. The van der Waals surface area contributed by atoms with Crippen molar-refractivity contribution in [2.45, 2.75) is 121 Å². The summed E-state index contributed by atoms with van der Waals surface area (Å²) in [5, 5.41) is 7.42. The van der Waals surface area contributed by atoms with Gasteiger partial charge in [-0.25, -0.2) is 0 Å². The van der Waals surface area contributed by atoms with Gasteiger partial charge in [-0.05, 0) is 37.5 Å². The molecule has 0 aromatic heterocycles. The van der Waals surface area contributed by atoms with E-state index in [1.54, 1.807) is 13.8 Å². The number of carboxylic acids is 1. The fourth-order valence-electron chi connectivity index (χ4n) is 3.69. The number of hydrogen-bond donors (Lipinski definition) is 2. The molecule has 0 rings (SSSR count). The quantitative estimate of drug-likeness (QED) is 0.349. The first kappa shape index (κ1) is 44.6. The molecule has 0 aliphatic heterocycles. The number of Topliss-reactive ketones (excluding diaryl/α,β-unsaturated/α-hetero) is 2. The second-order valence-corrected chi connectivity index (χ2v) is 19.2. The third kappa shape index (κ3) is 49.7. The first-order valence-electron chi connectivity index (χ1n) is 12.5. The highest BCUT2D eigenvalue weighted by Crippen LogP contribution is 2.31. The molecule has 0 bridgehead atoms. The van der Waals surface area contributed by atoms with Crippen LogP contribution in [0.15, 0.2) is 0 Å². The van der Waals surface area contributed by atoms with Crippen molar-refractivity contribution in [1.29, 1.82) is 0 Å². The SMILES string of the molecule is CC(=O)C(C)CC(C)C.CC(=O)CC(C)(C)C[Si](C)(C)C.CC(=O)O.CC(=O)O[SiH](O)CC(C)C.O. The van der Waals surface area contributed by atoms with Crippen molar-refractivity contribution in [3.05, 3.63) is 0 Å². The van der Waals surface area contributed by atoms with Crippen molar-refractivity contribution < 1.29 is 39.0 Å². The molecule has 0 fully saturated rings. The van der Waals surface area contributed by atoms with Crippen LogP contribution in [0.25, 0.3) is 0 Å². The predicted molar refractivity (Wildman–Crippen MR) is 154 cm³/mol. The summed E-state index contributed by atoms with van der Waals surface area (Å²) in [6.07, 6.45) is 1.76. The Balaban J connectivity index is -0.000000123. The molecule has 2 unspecified atom stereocenters. The molecule has 4 N–H and O–H groups in total. The molecule has 0 aromatic carbocycles. The lowest BCUT2D eigenvalue weighted by molar-refractivity contribution is -0.135. The fourth-order valence-corrected chi connectivity index (χ4v) is 7.97. The Labute approximate surface area is 223 Å². The minimum atomic E-state index is -2.17. The summed E-state index contributed by atoms with van der Waals surface area (Å²) >= 11 is 0. The number of aliphatic carboxylic acids is 1. The Morgan fingerprint density at radius 1 is 0.889 bits per heavy atom. The van der Waals surface area contributed by atoms with Gasteiger partial charge in [0.2, 0.25) is 0 Å². The number of carboxylic acid groups (broad SMARTS) is 1. The standard InChI is InChI=1S/C10H22OSi.C8H16O.C6H14O3Si.C2H4O2.H2O/c1-9(11)7-10(2,3)8-12(4,5)6;1-6(2)5-7(3)8(4)9;1-5(2)4-10(8)9-6(3)7;1-2(3)4;/h7-8H2,1-6H3;6-7H,5H2,1-4H3;5,8,10H,4H2,1-3H3;1H3,(H,3,4);1H2. The van der Waals surface area contributed by atoms with Crippen LogP contribution in [0.3, 0.4) is 0 Å². The third-order valence-electron chi connectivity index (χ3n) is 4.23. The molecule has 0 spiro atoms. The summed E-state index contributed by atoms with van der Waals surface area (Å²) in [4.78, 5) is 50.0. The predicted octanol–water partition coefficient (Wildman–Crippen LogP) is 5.27. The molecule has 0 heterocycles. The van der Waals surface area contributed by atoms with Crippen LogP contribution in [-0.2, 0) is 23.6 Å². The highest BCUT2D eigenvalue weighted by molar-refractivity contribution is 6.76. The lowest BCUT2D eigenvalue weighted by atomic mass is 9.90. The van der Waals surface area contributed by atoms with E-state index in [1.807, 2.05) is 20.8 Å². The molecule has 0 aliphatic rings. The van der Waals surface area contributed by atoms with Crippen molar-refractivity contribution in [2.75, 3.05) is 0 Å². The average molecular weight is 555 g/mol. The van der Waals surface area contributed by atoms with Gasteiger partial charge in [-0.2, -0.15) is 0 Å². The van der Waals surface area contributed by atoms with Gasteiger partial charge in [-0.1, -0.05) is 74.2 Å². The summed E-state index contributed by atoms with van der Waals surface area (Å²) in [5.41, 5.74) is 0.219. The molecule has 0 amide bonds. The third-order valence-corrected chi connectivity index (χ3v) is 8.20. The van der Waals surface area contributed by atoms with Gasteiger partial charge in [0.15, 0.2) is 0 Å². The normalized spacial score (nSPS) is 12.2. The van der Waals surface area contributed by atoms with Gasteiger partial charge in [-0.3, -0.25) is 14.4 Å². The first-order chi connectivity index (χ1) is 15.4. The van der Waals surface area contributed by atoms with E-state index in [-0.39, 0.29) is 22.8 Å². The Bertz CT molecular complexity index is 608. The summed E-state index contributed by atoms with van der Waals surface area (Å²) in [5.74, 6) is 0.719. The van der Waals surface area contributed by atoms with Crippen LogP contribution < -0.4 is 0 Å². The number of carbonyl (C=O) groups is 4. The van der Waals surface area contributed by atoms with Crippen LogP contribution in [0, 0.1) is 23.2 Å². The van der Waals surface area contributed by atoms with Crippen LogP contribution in [0.5, 0.6) is 0 Å². The molecule has 0 aromatic rings. The Kier molecular flexibility index (Phi) is 28.3. The molecule has 0 aliphatic carbocycles. The van der Waals surface area contributed by atoms with Crippen molar-refractivity contribution in [3.63, 3.8) is 0 Å². The maximum absolute atomic E-state index is 11.0. The largest absolute Gasteiger partial charge is 0.497 e. The van der Waals surface area contributed by atoms with E-state index in [9.17, 15) is 14.4 Å². The van der Waals surface area contributed by atoms with Crippen LogP contribution in [-0.4, -0.2) is 56.2 Å². The molecular formula is C26H58O8Si2. The van der Waals surface area contributed by atoms with E-state index in [4.69, 9.17) is 14.7 Å². The molecule has 218 valence electrons. The Hall–Kier alpha value is -1.37. The number of ketones is 2. The smallest absolute Gasteiger partial charge is 0.382 e. The molecule has 36 heavy (non-hydrogen) atoms. The average Bonchev–Trinajstić information content (AvgIpc) is 2.48. The van der Waals surface area contributed by atoms with Gasteiger partial charge in [-0.15, -0.1) is 0 Å². The second-order valence-electron chi connectivity index (χ2n) is 12.1. The van der Waals surface area contributed by atoms with E-state index in [0.717, 1.165) is 19.8 Å². The van der Waals surface area contributed by atoms with Crippen molar-refractivity contribution in [1.82, 2.24) is 0 Å². The molecule has 0 saturated carbocycles. The fraction of sp³-hybridized carbons (Fsp3) is 0.846. The van der Waals surface area contributed by atoms with Crippen LogP contribution >= 0.6 is 0 Å².